The fraction of sp³-hybridized carbons (Fsp3) is 0.263. The van der Waals surface area contributed by atoms with Crippen molar-refractivity contribution in [3.63, 3.8) is 0 Å². The highest BCUT2D eigenvalue weighted by atomic mass is 35.5. The number of fused-ring (bicyclic) bond motifs is 2. The summed E-state index contributed by atoms with van der Waals surface area (Å²) in [7, 11) is 1.92. The fourth-order valence-electron chi connectivity index (χ4n) is 3.20. The summed E-state index contributed by atoms with van der Waals surface area (Å²) in [6.45, 7) is 0.785. The van der Waals surface area contributed by atoms with Crippen molar-refractivity contribution in [3.05, 3.63) is 76.4 Å². The number of aliphatic hydroxyl groups excluding tert-OH is 1. The van der Waals surface area contributed by atoms with E-state index in [9.17, 15) is 5.11 Å². The van der Waals surface area contributed by atoms with Gasteiger partial charge in [0.05, 0.1) is 6.61 Å². The van der Waals surface area contributed by atoms with Gasteiger partial charge in [-0.2, -0.15) is 0 Å². The first kappa shape index (κ1) is 16.8. The van der Waals surface area contributed by atoms with E-state index < -0.39 is 0 Å². The monoisotopic (exact) mass is 315 g/mol. The predicted molar refractivity (Wildman–Crippen MR) is 94.6 cm³/mol. The van der Waals surface area contributed by atoms with Gasteiger partial charge in [0, 0.05) is 6.54 Å². The summed E-state index contributed by atoms with van der Waals surface area (Å²) in [6.07, 6.45) is 2.10. The van der Waals surface area contributed by atoms with Gasteiger partial charge in [-0.25, -0.2) is 0 Å². The molecule has 0 aromatic heterocycles. The fourth-order valence-corrected chi connectivity index (χ4v) is 3.20. The van der Waals surface area contributed by atoms with Crippen LogP contribution >= 0.6 is 12.4 Å². The second-order valence-electron chi connectivity index (χ2n) is 5.48. The first-order valence-corrected chi connectivity index (χ1v) is 7.49. The maximum absolute atomic E-state index is 9.85. The zero-order valence-electron chi connectivity index (χ0n) is 12.8. The molecule has 2 aromatic rings. The van der Waals surface area contributed by atoms with Crippen molar-refractivity contribution in [2.75, 3.05) is 20.2 Å². The smallest absolute Gasteiger partial charge is 0.0663 e. The molecule has 0 amide bonds. The number of nitrogens with one attached hydrogen (secondary N) is 1. The van der Waals surface area contributed by atoms with Crippen molar-refractivity contribution >= 4 is 18.0 Å². The van der Waals surface area contributed by atoms with E-state index in [2.05, 4.69) is 53.8 Å². The summed E-state index contributed by atoms with van der Waals surface area (Å²) in [5.41, 5.74) is 7.52. The van der Waals surface area contributed by atoms with Crippen molar-refractivity contribution in [1.29, 1.82) is 0 Å². The molecule has 0 saturated heterocycles. The first-order valence-electron chi connectivity index (χ1n) is 7.49. The van der Waals surface area contributed by atoms with Gasteiger partial charge in [-0.1, -0.05) is 48.5 Å². The van der Waals surface area contributed by atoms with Gasteiger partial charge < -0.3 is 10.4 Å². The van der Waals surface area contributed by atoms with E-state index in [1.807, 2.05) is 7.05 Å². The van der Waals surface area contributed by atoms with Gasteiger partial charge in [-0.3, -0.25) is 0 Å². The lowest BCUT2D eigenvalue weighted by Gasteiger charge is -2.17. The molecule has 1 aliphatic carbocycles. The van der Waals surface area contributed by atoms with Crippen LogP contribution in [0.5, 0.6) is 0 Å². The molecule has 2 nitrogen and oxygen atoms in total. The van der Waals surface area contributed by atoms with Gasteiger partial charge in [-0.05, 0) is 53.3 Å². The molecule has 0 aliphatic heterocycles. The highest BCUT2D eigenvalue weighted by Gasteiger charge is 2.20. The van der Waals surface area contributed by atoms with E-state index in [-0.39, 0.29) is 19.0 Å². The lowest BCUT2D eigenvalue weighted by Crippen LogP contribution is -2.15. The van der Waals surface area contributed by atoms with E-state index in [0.29, 0.717) is 6.54 Å². The molecule has 22 heavy (non-hydrogen) atoms. The standard InChI is InChI=1S/C19H21NO.ClH/c1-20-12-16(13-21)19-17-8-4-2-6-14(17)10-11-15-7-3-5-9-18(15)19;/h2-9,20-21H,10-13H2,1H3;1H. The van der Waals surface area contributed by atoms with Crippen molar-refractivity contribution in [2.24, 2.45) is 0 Å². The molecule has 116 valence electrons. The van der Waals surface area contributed by atoms with Crippen LogP contribution in [0, 0.1) is 0 Å². The third-order valence-corrected chi connectivity index (χ3v) is 4.17. The van der Waals surface area contributed by atoms with Crippen molar-refractivity contribution in [3.8, 4) is 0 Å². The van der Waals surface area contributed by atoms with Crippen LogP contribution in [0.3, 0.4) is 0 Å². The Hall–Kier alpha value is -1.61. The number of rotatable bonds is 3. The Morgan fingerprint density at radius 3 is 1.91 bits per heavy atom. The Bertz CT molecular complexity index is 629. The quantitative estimate of drug-likeness (QED) is 0.911. The summed E-state index contributed by atoms with van der Waals surface area (Å²) in [4.78, 5) is 0. The molecule has 0 heterocycles. The molecule has 0 bridgehead atoms. The van der Waals surface area contributed by atoms with E-state index in [1.165, 1.54) is 27.8 Å². The molecule has 2 aromatic carbocycles. The Morgan fingerprint density at radius 2 is 1.45 bits per heavy atom. The minimum absolute atomic E-state index is 0. The van der Waals surface area contributed by atoms with Gasteiger partial charge in [0.15, 0.2) is 0 Å². The van der Waals surface area contributed by atoms with Crippen molar-refractivity contribution in [1.82, 2.24) is 5.32 Å². The number of aryl methyl sites for hydroxylation is 2. The molecule has 0 saturated carbocycles. The van der Waals surface area contributed by atoms with Crippen LogP contribution in [-0.4, -0.2) is 25.3 Å². The SMILES string of the molecule is CNCC(CO)=C1c2ccccc2CCc2ccccc21.Cl. The maximum Gasteiger partial charge on any atom is 0.0663 e. The van der Waals surface area contributed by atoms with Gasteiger partial charge in [0.1, 0.15) is 0 Å². The third kappa shape index (κ3) is 3.09. The number of benzene rings is 2. The largest absolute Gasteiger partial charge is 0.392 e. The molecule has 0 atom stereocenters. The lowest BCUT2D eigenvalue weighted by molar-refractivity contribution is 0.328. The Morgan fingerprint density at radius 1 is 0.955 bits per heavy atom. The summed E-state index contributed by atoms with van der Waals surface area (Å²) >= 11 is 0. The number of hydrogen-bond donors (Lipinski definition) is 2. The van der Waals surface area contributed by atoms with E-state index in [1.54, 1.807) is 0 Å². The van der Waals surface area contributed by atoms with Gasteiger partial charge in [0.2, 0.25) is 0 Å². The van der Waals surface area contributed by atoms with Gasteiger partial charge >= 0.3 is 0 Å². The van der Waals surface area contributed by atoms with E-state index in [0.717, 1.165) is 18.4 Å². The van der Waals surface area contributed by atoms with Crippen LogP contribution in [-0.2, 0) is 12.8 Å². The molecule has 0 fully saturated rings. The minimum Gasteiger partial charge on any atom is -0.392 e. The summed E-state index contributed by atoms with van der Waals surface area (Å²) < 4.78 is 0. The minimum atomic E-state index is 0. The lowest BCUT2D eigenvalue weighted by atomic mass is 9.90. The topological polar surface area (TPSA) is 32.3 Å². The molecule has 0 spiro atoms. The Kier molecular flexibility index (Phi) is 5.78. The second kappa shape index (κ2) is 7.59. The van der Waals surface area contributed by atoms with Crippen LogP contribution in [0.15, 0.2) is 54.1 Å². The van der Waals surface area contributed by atoms with Crippen LogP contribution in [0.1, 0.15) is 22.3 Å². The van der Waals surface area contributed by atoms with Gasteiger partial charge in [-0.15, -0.1) is 12.4 Å². The molecule has 0 radical (unpaired) electrons. The highest BCUT2D eigenvalue weighted by Crippen LogP contribution is 2.35. The highest BCUT2D eigenvalue weighted by molar-refractivity contribution is 5.86. The Balaban J connectivity index is 0.00000176. The van der Waals surface area contributed by atoms with Crippen molar-refractivity contribution in [2.45, 2.75) is 12.8 Å². The Labute approximate surface area is 138 Å². The zero-order chi connectivity index (χ0) is 14.7. The van der Waals surface area contributed by atoms with Crippen molar-refractivity contribution < 1.29 is 5.11 Å². The first-order chi connectivity index (χ1) is 10.3. The molecule has 3 rings (SSSR count). The average molecular weight is 316 g/mol. The molecular formula is C19H22ClNO. The number of aliphatic hydroxyl groups is 1. The number of likely N-dealkylation sites (N-methyl/N-ethyl adjacent to an activating group) is 1. The second-order valence-corrected chi connectivity index (χ2v) is 5.48. The summed E-state index contributed by atoms with van der Waals surface area (Å²) in [5.74, 6) is 0. The number of halogens is 1. The van der Waals surface area contributed by atoms with Crippen LogP contribution in [0.25, 0.3) is 5.57 Å². The molecule has 3 heteroatoms. The normalized spacial score (nSPS) is 12.7. The molecule has 1 aliphatic rings. The zero-order valence-corrected chi connectivity index (χ0v) is 13.6. The van der Waals surface area contributed by atoms with E-state index >= 15 is 0 Å². The molecular weight excluding hydrogens is 294 g/mol. The van der Waals surface area contributed by atoms with Crippen LogP contribution in [0.2, 0.25) is 0 Å². The average Bonchev–Trinajstić information content (AvgIpc) is 2.70. The summed E-state index contributed by atoms with van der Waals surface area (Å²) in [5, 5.41) is 13.0. The van der Waals surface area contributed by atoms with Crippen LogP contribution in [0.4, 0.5) is 0 Å². The third-order valence-electron chi connectivity index (χ3n) is 4.17. The van der Waals surface area contributed by atoms with Gasteiger partial charge in [0.25, 0.3) is 0 Å². The molecule has 0 unspecified atom stereocenters. The summed E-state index contributed by atoms with van der Waals surface area (Å²) in [6, 6.07) is 17.1. The number of hydrogen-bond acceptors (Lipinski definition) is 2. The molecule has 2 N–H and O–H groups in total. The maximum atomic E-state index is 9.85. The predicted octanol–water partition coefficient (Wildman–Crippen LogP) is 3.22. The van der Waals surface area contributed by atoms with Crippen LogP contribution < -0.4 is 5.32 Å². The van der Waals surface area contributed by atoms with E-state index in [4.69, 9.17) is 0 Å².